The molecule has 0 aromatic carbocycles. The molecular formula is C21H32O4. The lowest BCUT2D eigenvalue weighted by molar-refractivity contribution is -0.169. The molecule has 0 heterocycles. The molecule has 4 nitrogen and oxygen atoms in total. The molecule has 0 aromatic rings. The van der Waals surface area contributed by atoms with Crippen molar-refractivity contribution in [2.75, 3.05) is 0 Å². The standard InChI is InChI=1S/C21H32O4/c1-14(13-17(22)23)9-12-20(4)15(2)7-8-16-19(3,18(24)25)10-6-11-21(16,20)5/h13,16H,2,6-12H2,1,3-5H3,(H,22,23)(H,24,25)/t16?,19-,20-,21-/m1/s1. The van der Waals surface area contributed by atoms with Crippen LogP contribution in [0.3, 0.4) is 0 Å². The lowest BCUT2D eigenvalue weighted by atomic mass is 9.41. The van der Waals surface area contributed by atoms with E-state index in [1.807, 2.05) is 13.8 Å². The van der Waals surface area contributed by atoms with Gasteiger partial charge in [-0.15, -0.1) is 0 Å². The Morgan fingerprint density at radius 1 is 1.24 bits per heavy atom. The normalized spacial score (nSPS) is 39.0. The number of allylic oxidation sites excluding steroid dienone is 2. The van der Waals surface area contributed by atoms with Crippen LogP contribution in [0.4, 0.5) is 0 Å². The second-order valence-electron chi connectivity index (χ2n) is 8.85. The second-order valence-corrected chi connectivity index (χ2v) is 8.85. The fourth-order valence-electron chi connectivity index (χ4n) is 5.62. The van der Waals surface area contributed by atoms with Crippen LogP contribution in [0.2, 0.25) is 0 Å². The Hall–Kier alpha value is -1.58. The highest BCUT2D eigenvalue weighted by atomic mass is 16.4. The molecule has 0 radical (unpaired) electrons. The summed E-state index contributed by atoms with van der Waals surface area (Å²) in [7, 11) is 0. The van der Waals surface area contributed by atoms with E-state index in [-0.39, 0.29) is 16.7 Å². The zero-order chi connectivity index (χ0) is 19.0. The van der Waals surface area contributed by atoms with Crippen molar-refractivity contribution in [2.45, 2.75) is 72.6 Å². The highest BCUT2D eigenvalue weighted by Gasteiger charge is 2.61. The van der Waals surface area contributed by atoms with Gasteiger partial charge in [-0.3, -0.25) is 4.79 Å². The van der Waals surface area contributed by atoms with Gasteiger partial charge in [0.05, 0.1) is 5.41 Å². The summed E-state index contributed by atoms with van der Waals surface area (Å²) in [5, 5.41) is 18.9. The van der Waals surface area contributed by atoms with Gasteiger partial charge in [-0.25, -0.2) is 4.79 Å². The Morgan fingerprint density at radius 2 is 1.88 bits per heavy atom. The first-order chi connectivity index (χ1) is 11.5. The Bertz CT molecular complexity index is 619. The van der Waals surface area contributed by atoms with Crippen LogP contribution < -0.4 is 0 Å². The number of carboxylic acids is 2. The molecule has 2 N–H and O–H groups in total. The van der Waals surface area contributed by atoms with E-state index in [0.29, 0.717) is 6.42 Å². The van der Waals surface area contributed by atoms with E-state index in [4.69, 9.17) is 5.11 Å². The van der Waals surface area contributed by atoms with Gasteiger partial charge in [0.1, 0.15) is 0 Å². The second kappa shape index (κ2) is 6.62. The smallest absolute Gasteiger partial charge is 0.328 e. The molecule has 140 valence electrons. The minimum atomic E-state index is -0.912. The number of carbonyl (C=O) groups is 2. The van der Waals surface area contributed by atoms with Crippen molar-refractivity contribution in [3.05, 3.63) is 23.8 Å². The fourth-order valence-corrected chi connectivity index (χ4v) is 5.62. The third-order valence-corrected chi connectivity index (χ3v) is 7.58. The quantitative estimate of drug-likeness (QED) is 0.538. The molecule has 2 aliphatic carbocycles. The van der Waals surface area contributed by atoms with Gasteiger partial charge in [0.2, 0.25) is 0 Å². The molecule has 0 bridgehead atoms. The van der Waals surface area contributed by atoms with Crippen LogP contribution in [0.15, 0.2) is 23.8 Å². The fraction of sp³-hybridized carbons (Fsp3) is 0.714. The minimum absolute atomic E-state index is 0.114. The molecule has 2 aliphatic rings. The molecule has 2 saturated carbocycles. The zero-order valence-corrected chi connectivity index (χ0v) is 16.0. The molecule has 4 heteroatoms. The maximum absolute atomic E-state index is 12.1. The Kier molecular flexibility index (Phi) is 5.23. The van der Waals surface area contributed by atoms with Gasteiger partial charge in [0.25, 0.3) is 0 Å². The molecular weight excluding hydrogens is 316 g/mol. The Labute approximate surface area is 151 Å². The molecule has 2 fully saturated rings. The zero-order valence-electron chi connectivity index (χ0n) is 16.0. The van der Waals surface area contributed by atoms with E-state index in [1.165, 1.54) is 11.6 Å². The molecule has 25 heavy (non-hydrogen) atoms. The number of hydrogen-bond donors (Lipinski definition) is 2. The van der Waals surface area contributed by atoms with Crippen LogP contribution in [0.1, 0.15) is 72.6 Å². The molecule has 0 saturated heterocycles. The molecule has 0 aliphatic heterocycles. The summed E-state index contributed by atoms with van der Waals surface area (Å²) in [6, 6.07) is 0. The van der Waals surface area contributed by atoms with Crippen molar-refractivity contribution in [3.8, 4) is 0 Å². The molecule has 1 unspecified atom stereocenters. The summed E-state index contributed by atoms with van der Waals surface area (Å²) < 4.78 is 0. The van der Waals surface area contributed by atoms with Crippen molar-refractivity contribution < 1.29 is 19.8 Å². The van der Waals surface area contributed by atoms with Gasteiger partial charge in [-0.1, -0.05) is 38.0 Å². The molecule has 0 aromatic heterocycles. The van der Waals surface area contributed by atoms with Crippen LogP contribution in [0, 0.1) is 22.2 Å². The van der Waals surface area contributed by atoms with Crippen molar-refractivity contribution in [2.24, 2.45) is 22.2 Å². The van der Waals surface area contributed by atoms with Crippen molar-refractivity contribution >= 4 is 11.9 Å². The van der Waals surface area contributed by atoms with Gasteiger partial charge >= 0.3 is 11.9 Å². The maximum Gasteiger partial charge on any atom is 0.328 e. The number of aliphatic carboxylic acids is 2. The van der Waals surface area contributed by atoms with Crippen molar-refractivity contribution in [1.29, 1.82) is 0 Å². The number of fused-ring (bicyclic) bond motifs is 1. The highest BCUT2D eigenvalue weighted by molar-refractivity contribution is 5.80. The van der Waals surface area contributed by atoms with E-state index in [1.54, 1.807) is 0 Å². The van der Waals surface area contributed by atoms with Gasteiger partial charge in [-0.05, 0) is 69.1 Å². The van der Waals surface area contributed by atoms with Gasteiger partial charge in [-0.2, -0.15) is 0 Å². The summed E-state index contributed by atoms with van der Waals surface area (Å²) in [6.07, 6.45) is 7.22. The monoisotopic (exact) mass is 348 g/mol. The Balaban J connectivity index is 2.37. The van der Waals surface area contributed by atoms with E-state index in [9.17, 15) is 14.7 Å². The average Bonchev–Trinajstić information content (AvgIpc) is 2.49. The number of carboxylic acid groups (broad SMARTS) is 2. The van der Waals surface area contributed by atoms with Crippen LogP contribution in [0.5, 0.6) is 0 Å². The van der Waals surface area contributed by atoms with Gasteiger partial charge in [0.15, 0.2) is 0 Å². The van der Waals surface area contributed by atoms with Crippen LogP contribution in [-0.2, 0) is 9.59 Å². The molecule has 4 atom stereocenters. The van der Waals surface area contributed by atoms with Crippen LogP contribution in [-0.4, -0.2) is 22.2 Å². The SMILES string of the molecule is C=C1CCC2[C@](C)(C(=O)O)CCC[C@@]2(C)[C@]1(C)CCC(C)=CC(=O)O. The van der Waals surface area contributed by atoms with Crippen molar-refractivity contribution in [3.63, 3.8) is 0 Å². The third kappa shape index (κ3) is 3.16. The van der Waals surface area contributed by atoms with E-state index in [2.05, 4.69) is 20.4 Å². The number of rotatable bonds is 5. The van der Waals surface area contributed by atoms with E-state index < -0.39 is 17.4 Å². The first-order valence-corrected chi connectivity index (χ1v) is 9.29. The number of hydrogen-bond acceptors (Lipinski definition) is 2. The summed E-state index contributed by atoms with van der Waals surface area (Å²) in [6.45, 7) is 12.6. The maximum atomic E-state index is 12.1. The summed E-state index contributed by atoms with van der Waals surface area (Å²) in [5.41, 5.74) is 1.09. The lowest BCUT2D eigenvalue weighted by Gasteiger charge is -2.62. The topological polar surface area (TPSA) is 74.6 Å². The van der Waals surface area contributed by atoms with Crippen LogP contribution >= 0.6 is 0 Å². The predicted molar refractivity (Wildman–Crippen MR) is 98.3 cm³/mol. The molecule has 0 amide bonds. The minimum Gasteiger partial charge on any atom is -0.481 e. The van der Waals surface area contributed by atoms with Gasteiger partial charge < -0.3 is 10.2 Å². The first-order valence-electron chi connectivity index (χ1n) is 9.29. The Morgan fingerprint density at radius 3 is 2.44 bits per heavy atom. The summed E-state index contributed by atoms with van der Waals surface area (Å²) in [4.78, 5) is 23.0. The predicted octanol–water partition coefficient (Wildman–Crippen LogP) is 5.05. The summed E-state index contributed by atoms with van der Waals surface area (Å²) >= 11 is 0. The average molecular weight is 348 g/mol. The lowest BCUT2D eigenvalue weighted by Crippen LogP contribution is -2.57. The molecule has 2 rings (SSSR count). The third-order valence-electron chi connectivity index (χ3n) is 7.58. The summed E-state index contributed by atoms with van der Waals surface area (Å²) in [5.74, 6) is -1.46. The first kappa shape index (κ1) is 19.7. The van der Waals surface area contributed by atoms with E-state index >= 15 is 0 Å². The van der Waals surface area contributed by atoms with Gasteiger partial charge in [0, 0.05) is 6.08 Å². The largest absolute Gasteiger partial charge is 0.481 e. The van der Waals surface area contributed by atoms with Crippen LogP contribution in [0.25, 0.3) is 0 Å². The van der Waals surface area contributed by atoms with E-state index in [0.717, 1.165) is 44.1 Å². The molecule has 0 spiro atoms. The van der Waals surface area contributed by atoms with Crippen molar-refractivity contribution in [1.82, 2.24) is 0 Å². The highest BCUT2D eigenvalue weighted by Crippen LogP contribution is 2.67.